The van der Waals surface area contributed by atoms with Crippen molar-refractivity contribution in [1.82, 2.24) is 15.1 Å². The first-order valence-electron chi connectivity index (χ1n) is 10.5. The first-order chi connectivity index (χ1) is 14.1. The molecule has 0 aromatic heterocycles. The van der Waals surface area contributed by atoms with E-state index in [0.717, 1.165) is 26.1 Å². The fraction of sp³-hybridized carbons (Fsp3) is 0.417. The second kappa shape index (κ2) is 8.78. The number of carbonyl (C=O) groups is 2. The highest BCUT2D eigenvalue weighted by Crippen LogP contribution is 2.44. The molecule has 29 heavy (non-hydrogen) atoms. The molecule has 2 heterocycles. The molecule has 0 radical (unpaired) electrons. The van der Waals surface area contributed by atoms with Crippen molar-refractivity contribution < 1.29 is 9.59 Å². The summed E-state index contributed by atoms with van der Waals surface area (Å²) in [6, 6.07) is 20.6. The third kappa shape index (κ3) is 4.51. The number of fused-ring (bicyclic) bond motifs is 1. The van der Waals surface area contributed by atoms with E-state index in [1.54, 1.807) is 6.92 Å². The number of rotatable bonds is 6. The number of hydrogen-bond donors (Lipinski definition) is 1. The van der Waals surface area contributed by atoms with Crippen LogP contribution in [-0.4, -0.2) is 54.3 Å². The van der Waals surface area contributed by atoms with Crippen LogP contribution in [0.25, 0.3) is 0 Å². The molecule has 2 saturated heterocycles. The van der Waals surface area contributed by atoms with Gasteiger partial charge in [0.15, 0.2) is 0 Å². The maximum absolute atomic E-state index is 12.4. The lowest BCUT2D eigenvalue weighted by atomic mass is 9.89. The summed E-state index contributed by atoms with van der Waals surface area (Å²) < 4.78 is 0. The molecule has 2 aliphatic rings. The van der Waals surface area contributed by atoms with E-state index in [0.29, 0.717) is 24.9 Å². The number of nitrogens with one attached hydrogen (secondary N) is 1. The molecule has 0 saturated carbocycles. The zero-order valence-electron chi connectivity index (χ0n) is 17.0. The van der Waals surface area contributed by atoms with Gasteiger partial charge in [-0.1, -0.05) is 60.7 Å². The molecule has 152 valence electrons. The van der Waals surface area contributed by atoms with Crippen LogP contribution in [-0.2, 0) is 16.0 Å². The smallest absolute Gasteiger partial charge is 0.234 e. The van der Waals surface area contributed by atoms with Gasteiger partial charge in [0.2, 0.25) is 11.8 Å². The Bertz CT molecular complexity index is 840. The molecular formula is C24H29N3O2. The third-order valence-electron chi connectivity index (χ3n) is 6.23. The summed E-state index contributed by atoms with van der Waals surface area (Å²) in [6.07, 6.45) is 0.849. The minimum absolute atomic E-state index is 0.0839. The Morgan fingerprint density at radius 2 is 1.66 bits per heavy atom. The van der Waals surface area contributed by atoms with E-state index in [4.69, 9.17) is 0 Å². The summed E-state index contributed by atoms with van der Waals surface area (Å²) in [6.45, 7) is 5.28. The first-order valence-corrected chi connectivity index (χ1v) is 10.5. The third-order valence-corrected chi connectivity index (χ3v) is 6.23. The van der Waals surface area contributed by atoms with Crippen LogP contribution in [0.1, 0.15) is 24.1 Å². The van der Waals surface area contributed by atoms with E-state index in [1.807, 2.05) is 41.3 Å². The Labute approximate surface area is 172 Å². The zero-order valence-corrected chi connectivity index (χ0v) is 17.0. The molecule has 2 fully saturated rings. The van der Waals surface area contributed by atoms with Gasteiger partial charge in [0.1, 0.15) is 0 Å². The van der Waals surface area contributed by atoms with Crippen molar-refractivity contribution in [1.29, 1.82) is 0 Å². The number of nitrogens with zero attached hydrogens (tertiary/aromatic N) is 2. The number of likely N-dealkylation sites (tertiary alicyclic amines) is 2. The van der Waals surface area contributed by atoms with Gasteiger partial charge in [0, 0.05) is 39.0 Å². The molecule has 0 spiro atoms. The number of carbonyl (C=O) groups excluding carboxylic acids is 2. The Balaban J connectivity index is 1.32. The SMILES string of the molecule is CC(=O)N1C[C@H]2CN(CC(=O)NCCc3ccccc3)C[C@H]2[C@@H]1c1ccccc1. The zero-order chi connectivity index (χ0) is 20.2. The van der Waals surface area contributed by atoms with Crippen molar-refractivity contribution in [3.63, 3.8) is 0 Å². The standard InChI is InChI=1S/C24H29N3O2/c1-18(28)27-15-21-14-26(16-22(21)24(27)20-10-6-3-7-11-20)17-23(29)25-13-12-19-8-4-2-5-9-19/h2-11,21-22,24H,12-17H2,1H3,(H,25,29)/t21-,22-,24+/m1/s1. The van der Waals surface area contributed by atoms with Gasteiger partial charge < -0.3 is 10.2 Å². The minimum Gasteiger partial charge on any atom is -0.355 e. The minimum atomic E-state index is 0.0839. The van der Waals surface area contributed by atoms with E-state index in [-0.39, 0.29) is 17.9 Å². The molecule has 5 heteroatoms. The molecule has 0 unspecified atom stereocenters. The normalized spacial score (nSPS) is 23.8. The van der Waals surface area contributed by atoms with Crippen molar-refractivity contribution in [2.45, 2.75) is 19.4 Å². The topological polar surface area (TPSA) is 52.7 Å². The summed E-state index contributed by atoms with van der Waals surface area (Å²) in [7, 11) is 0. The van der Waals surface area contributed by atoms with Gasteiger partial charge >= 0.3 is 0 Å². The molecule has 0 aliphatic carbocycles. The molecule has 2 amide bonds. The van der Waals surface area contributed by atoms with Crippen LogP contribution in [0.4, 0.5) is 0 Å². The Kier molecular flexibility index (Phi) is 5.95. The molecular weight excluding hydrogens is 362 g/mol. The fourth-order valence-corrected chi connectivity index (χ4v) is 4.92. The van der Waals surface area contributed by atoms with Crippen LogP contribution in [0.15, 0.2) is 60.7 Å². The van der Waals surface area contributed by atoms with Gasteiger partial charge in [-0.25, -0.2) is 0 Å². The lowest BCUT2D eigenvalue weighted by molar-refractivity contribution is -0.130. The molecule has 1 N–H and O–H groups in total. The van der Waals surface area contributed by atoms with Gasteiger partial charge in [-0.15, -0.1) is 0 Å². The average Bonchev–Trinajstić information content (AvgIpc) is 3.26. The molecule has 2 aromatic carbocycles. The quantitative estimate of drug-likeness (QED) is 0.823. The molecule has 2 aliphatic heterocycles. The summed E-state index contributed by atoms with van der Waals surface area (Å²) in [5.41, 5.74) is 2.43. The van der Waals surface area contributed by atoms with Gasteiger partial charge in [-0.3, -0.25) is 14.5 Å². The second-order valence-corrected chi connectivity index (χ2v) is 8.23. The van der Waals surface area contributed by atoms with Crippen molar-refractivity contribution in [2.24, 2.45) is 11.8 Å². The highest BCUT2D eigenvalue weighted by molar-refractivity contribution is 5.78. The largest absolute Gasteiger partial charge is 0.355 e. The van der Waals surface area contributed by atoms with Crippen LogP contribution in [0, 0.1) is 11.8 Å². The van der Waals surface area contributed by atoms with Crippen LogP contribution in [0.5, 0.6) is 0 Å². The van der Waals surface area contributed by atoms with Crippen LogP contribution in [0.2, 0.25) is 0 Å². The summed E-state index contributed by atoms with van der Waals surface area (Å²) in [5, 5.41) is 3.05. The van der Waals surface area contributed by atoms with Gasteiger partial charge in [-0.05, 0) is 23.5 Å². The molecule has 0 bridgehead atoms. The highest BCUT2D eigenvalue weighted by atomic mass is 16.2. The van der Waals surface area contributed by atoms with Gasteiger partial charge in [-0.2, -0.15) is 0 Å². The van der Waals surface area contributed by atoms with Crippen molar-refractivity contribution in [2.75, 3.05) is 32.7 Å². The monoisotopic (exact) mass is 391 g/mol. The maximum Gasteiger partial charge on any atom is 0.234 e. The van der Waals surface area contributed by atoms with Gasteiger partial charge in [0.05, 0.1) is 12.6 Å². The lowest BCUT2D eigenvalue weighted by Gasteiger charge is -2.29. The van der Waals surface area contributed by atoms with Gasteiger partial charge in [0.25, 0.3) is 0 Å². The average molecular weight is 392 g/mol. The number of hydrogen-bond acceptors (Lipinski definition) is 3. The van der Waals surface area contributed by atoms with E-state index < -0.39 is 0 Å². The molecule has 2 aromatic rings. The highest BCUT2D eigenvalue weighted by Gasteiger charge is 2.48. The molecule has 3 atom stereocenters. The fourth-order valence-electron chi connectivity index (χ4n) is 4.92. The van der Waals surface area contributed by atoms with E-state index >= 15 is 0 Å². The number of amides is 2. The van der Waals surface area contributed by atoms with E-state index in [1.165, 1.54) is 11.1 Å². The van der Waals surface area contributed by atoms with Crippen LogP contribution in [0.3, 0.4) is 0 Å². The maximum atomic E-state index is 12.4. The van der Waals surface area contributed by atoms with Crippen molar-refractivity contribution >= 4 is 11.8 Å². The van der Waals surface area contributed by atoms with Crippen LogP contribution >= 0.6 is 0 Å². The van der Waals surface area contributed by atoms with E-state index in [9.17, 15) is 9.59 Å². The van der Waals surface area contributed by atoms with Crippen LogP contribution < -0.4 is 5.32 Å². The lowest BCUT2D eigenvalue weighted by Crippen LogP contribution is -2.39. The second-order valence-electron chi connectivity index (χ2n) is 8.23. The summed E-state index contributed by atoms with van der Waals surface area (Å²) in [4.78, 5) is 28.9. The Hall–Kier alpha value is -2.66. The van der Waals surface area contributed by atoms with Crippen molar-refractivity contribution in [3.05, 3.63) is 71.8 Å². The number of benzene rings is 2. The first kappa shape index (κ1) is 19.6. The Morgan fingerprint density at radius 3 is 2.34 bits per heavy atom. The van der Waals surface area contributed by atoms with E-state index in [2.05, 4.69) is 34.5 Å². The summed E-state index contributed by atoms with van der Waals surface area (Å²) >= 11 is 0. The molecule has 5 nitrogen and oxygen atoms in total. The molecule has 4 rings (SSSR count). The predicted molar refractivity (Wildman–Crippen MR) is 113 cm³/mol. The summed E-state index contributed by atoms with van der Waals surface area (Å²) in [5.74, 6) is 1.04. The Morgan fingerprint density at radius 1 is 0.966 bits per heavy atom. The predicted octanol–water partition coefficient (Wildman–Crippen LogP) is 2.50. The van der Waals surface area contributed by atoms with Crippen molar-refractivity contribution in [3.8, 4) is 0 Å².